The normalized spacial score (nSPS) is 12.0. The molecule has 0 saturated heterocycles. The monoisotopic (exact) mass is 159 g/mol. The van der Waals surface area contributed by atoms with Gasteiger partial charge in [-0.15, -0.1) is 0 Å². The zero-order valence-corrected chi connectivity index (χ0v) is 8.61. The first-order chi connectivity index (χ1) is 4.68. The fraction of sp³-hybridized carbons (Fsp3) is 1.00. The molecule has 0 amide bonds. The van der Waals surface area contributed by atoms with Crippen molar-refractivity contribution in [3.05, 3.63) is 0 Å². The first kappa shape index (κ1) is 10.2. The number of hydrogen-bond donors (Lipinski definition) is 1. The maximum absolute atomic E-state index is 5.47. The second-order valence-electron chi connectivity index (χ2n) is 3.41. The van der Waals surface area contributed by atoms with Crippen molar-refractivity contribution in [3.63, 3.8) is 0 Å². The third-order valence-corrected chi connectivity index (χ3v) is 7.67. The van der Waals surface area contributed by atoms with E-state index in [-0.39, 0.29) is 0 Å². The van der Waals surface area contributed by atoms with Gasteiger partial charge in [-0.3, -0.25) is 0 Å². The predicted molar refractivity (Wildman–Crippen MR) is 51.1 cm³/mol. The predicted octanol–water partition coefficient (Wildman–Crippen LogP) is 2.45. The molecule has 0 aliphatic rings. The van der Waals surface area contributed by atoms with Gasteiger partial charge in [0.1, 0.15) is 0 Å². The van der Waals surface area contributed by atoms with Crippen LogP contribution in [0, 0.1) is 0 Å². The zero-order valence-electron chi connectivity index (χ0n) is 7.61. The van der Waals surface area contributed by atoms with Crippen LogP contribution in [-0.4, -0.2) is 14.6 Å². The smallest absolute Gasteiger partial charge is 0.0499 e. The van der Waals surface area contributed by atoms with Crippen molar-refractivity contribution in [2.75, 3.05) is 6.54 Å². The Morgan fingerprint density at radius 1 is 1.20 bits per heavy atom. The largest absolute Gasteiger partial charge is 0.330 e. The molecule has 0 aromatic heterocycles. The molecule has 0 aromatic rings. The van der Waals surface area contributed by atoms with Crippen LogP contribution in [0.3, 0.4) is 0 Å². The van der Waals surface area contributed by atoms with Crippen LogP contribution in [0.5, 0.6) is 0 Å². The first-order valence-electron chi connectivity index (χ1n) is 4.38. The molecule has 0 saturated carbocycles. The van der Waals surface area contributed by atoms with E-state index in [9.17, 15) is 0 Å². The minimum Gasteiger partial charge on any atom is -0.330 e. The highest BCUT2D eigenvalue weighted by Gasteiger charge is 2.20. The van der Waals surface area contributed by atoms with Crippen LogP contribution >= 0.6 is 0 Å². The summed E-state index contributed by atoms with van der Waals surface area (Å²) in [5.41, 5.74) is 5.47. The molecule has 1 nitrogen and oxygen atoms in total. The van der Waals surface area contributed by atoms with E-state index >= 15 is 0 Å². The van der Waals surface area contributed by atoms with Crippen molar-refractivity contribution in [1.82, 2.24) is 0 Å². The van der Waals surface area contributed by atoms with Crippen LogP contribution in [0.15, 0.2) is 0 Å². The average Bonchev–Trinajstić information content (AvgIpc) is 2.00. The lowest BCUT2D eigenvalue weighted by molar-refractivity contribution is 0.900. The zero-order chi connectivity index (χ0) is 8.04. The summed E-state index contributed by atoms with van der Waals surface area (Å²) in [5.74, 6) is 0. The second kappa shape index (κ2) is 4.91. The van der Waals surface area contributed by atoms with E-state index in [1.54, 1.807) is 0 Å². The highest BCUT2D eigenvalue weighted by molar-refractivity contribution is 6.78. The molecule has 0 atom stereocenters. The van der Waals surface area contributed by atoms with Gasteiger partial charge in [0.25, 0.3) is 0 Å². The fourth-order valence-corrected chi connectivity index (χ4v) is 3.40. The van der Waals surface area contributed by atoms with Gasteiger partial charge < -0.3 is 5.73 Å². The van der Waals surface area contributed by atoms with Crippen LogP contribution < -0.4 is 5.73 Å². The van der Waals surface area contributed by atoms with Crippen LogP contribution in [-0.2, 0) is 0 Å². The lowest BCUT2D eigenvalue weighted by atomic mass is 10.5. The molecule has 0 fully saturated rings. The number of nitrogens with two attached hydrogens (primary N) is 1. The van der Waals surface area contributed by atoms with Crippen molar-refractivity contribution in [2.24, 2.45) is 5.73 Å². The molecule has 62 valence electrons. The van der Waals surface area contributed by atoms with Crippen molar-refractivity contribution < 1.29 is 0 Å². The van der Waals surface area contributed by atoms with E-state index in [2.05, 4.69) is 20.4 Å². The lowest BCUT2D eigenvalue weighted by Gasteiger charge is -2.23. The van der Waals surface area contributed by atoms with E-state index in [1.165, 1.54) is 24.6 Å². The third kappa shape index (κ3) is 3.37. The summed E-state index contributed by atoms with van der Waals surface area (Å²) in [6, 6.07) is 4.27. The fourth-order valence-electron chi connectivity index (χ4n) is 1.13. The highest BCUT2D eigenvalue weighted by Crippen LogP contribution is 2.20. The maximum Gasteiger partial charge on any atom is 0.0499 e. The SMILES string of the molecule is CC[Si](C)(CC)CCCN. The summed E-state index contributed by atoms with van der Waals surface area (Å²) in [5, 5.41) is 0. The van der Waals surface area contributed by atoms with Gasteiger partial charge in [0.15, 0.2) is 0 Å². The number of rotatable bonds is 5. The highest BCUT2D eigenvalue weighted by atomic mass is 28.3. The lowest BCUT2D eigenvalue weighted by Crippen LogP contribution is -2.28. The summed E-state index contributed by atoms with van der Waals surface area (Å²) in [6.45, 7) is 8.02. The van der Waals surface area contributed by atoms with Gasteiger partial charge in [0.05, 0.1) is 0 Å². The minimum atomic E-state index is -0.798. The Balaban J connectivity index is 3.58. The summed E-state index contributed by atoms with van der Waals surface area (Å²) in [6.07, 6.45) is 1.24. The summed E-state index contributed by atoms with van der Waals surface area (Å²) in [7, 11) is -0.798. The average molecular weight is 159 g/mol. The van der Waals surface area contributed by atoms with E-state index < -0.39 is 8.07 Å². The quantitative estimate of drug-likeness (QED) is 0.613. The van der Waals surface area contributed by atoms with Crippen molar-refractivity contribution in [1.29, 1.82) is 0 Å². The molecule has 0 aliphatic carbocycles. The van der Waals surface area contributed by atoms with Gasteiger partial charge in [-0.25, -0.2) is 0 Å². The van der Waals surface area contributed by atoms with E-state index in [0.29, 0.717) is 0 Å². The summed E-state index contributed by atoms with van der Waals surface area (Å²) < 4.78 is 0. The van der Waals surface area contributed by atoms with Gasteiger partial charge in [0, 0.05) is 8.07 Å². The Morgan fingerprint density at radius 2 is 1.70 bits per heavy atom. The van der Waals surface area contributed by atoms with Gasteiger partial charge >= 0.3 is 0 Å². The van der Waals surface area contributed by atoms with Gasteiger partial charge in [0.2, 0.25) is 0 Å². The molecule has 0 spiro atoms. The van der Waals surface area contributed by atoms with Crippen LogP contribution in [0.2, 0.25) is 24.7 Å². The van der Waals surface area contributed by atoms with Crippen LogP contribution in [0.25, 0.3) is 0 Å². The van der Waals surface area contributed by atoms with Crippen molar-refractivity contribution in [2.45, 2.75) is 44.9 Å². The minimum absolute atomic E-state index is 0.798. The first-order valence-corrected chi connectivity index (χ1v) is 7.50. The molecular weight excluding hydrogens is 138 g/mol. The van der Waals surface area contributed by atoms with E-state index in [4.69, 9.17) is 5.73 Å². The Bertz CT molecular complexity index is 79.3. The molecule has 0 bridgehead atoms. The molecule has 2 heteroatoms. The Kier molecular flexibility index (Phi) is 5.00. The molecule has 0 unspecified atom stereocenters. The topological polar surface area (TPSA) is 26.0 Å². The maximum atomic E-state index is 5.47. The summed E-state index contributed by atoms with van der Waals surface area (Å²) in [4.78, 5) is 0. The molecule has 0 heterocycles. The van der Waals surface area contributed by atoms with Crippen LogP contribution in [0.1, 0.15) is 20.3 Å². The Labute approximate surface area is 66.0 Å². The molecule has 0 radical (unpaired) electrons. The van der Waals surface area contributed by atoms with Gasteiger partial charge in [-0.2, -0.15) is 0 Å². The van der Waals surface area contributed by atoms with Crippen LogP contribution in [0.4, 0.5) is 0 Å². The van der Waals surface area contributed by atoms with Crippen molar-refractivity contribution in [3.8, 4) is 0 Å². The van der Waals surface area contributed by atoms with E-state index in [1.807, 2.05) is 0 Å². The molecule has 0 aliphatic heterocycles. The molecule has 2 N–H and O–H groups in total. The van der Waals surface area contributed by atoms with E-state index in [0.717, 1.165) is 6.54 Å². The molecule has 10 heavy (non-hydrogen) atoms. The Morgan fingerprint density at radius 3 is 2.00 bits per heavy atom. The van der Waals surface area contributed by atoms with Gasteiger partial charge in [-0.05, 0) is 13.0 Å². The second-order valence-corrected chi connectivity index (χ2v) is 8.95. The number of hydrogen-bond acceptors (Lipinski definition) is 1. The Hall–Kier alpha value is 0.177. The summed E-state index contributed by atoms with van der Waals surface area (Å²) >= 11 is 0. The van der Waals surface area contributed by atoms with Gasteiger partial charge in [-0.1, -0.05) is 38.5 Å². The molecule has 0 rings (SSSR count). The third-order valence-electron chi connectivity index (χ3n) is 2.69. The standard InChI is InChI=1S/C8H21NSi/c1-4-10(3,5-2)8-6-7-9/h4-9H2,1-3H3. The van der Waals surface area contributed by atoms with Crippen molar-refractivity contribution >= 4 is 8.07 Å². The molecule has 0 aromatic carbocycles. The molecular formula is C8H21NSi.